The molecule has 1 aromatic carbocycles. The predicted molar refractivity (Wildman–Crippen MR) is 55.8 cm³/mol. The van der Waals surface area contributed by atoms with Crippen molar-refractivity contribution in [3.8, 4) is 0 Å². The minimum atomic E-state index is 0.163. The molecular formula is C11H14N2. The number of nitrogens with two attached hydrogens (primary N) is 1. The first-order chi connectivity index (χ1) is 6.33. The highest BCUT2D eigenvalue weighted by Crippen LogP contribution is 2.32. The zero-order valence-corrected chi connectivity index (χ0v) is 7.61. The fourth-order valence-electron chi connectivity index (χ4n) is 1.85. The van der Waals surface area contributed by atoms with Gasteiger partial charge in [0.2, 0.25) is 0 Å². The quantitative estimate of drug-likeness (QED) is 0.691. The number of para-hydroxylation sites is 1. The van der Waals surface area contributed by atoms with Gasteiger partial charge in [0, 0.05) is 24.8 Å². The zero-order chi connectivity index (χ0) is 9.26. The van der Waals surface area contributed by atoms with Crippen LogP contribution in [0.25, 0.3) is 0 Å². The predicted octanol–water partition coefficient (Wildman–Crippen LogP) is 1.69. The average Bonchev–Trinajstić information content (AvgIpc) is 2.46. The van der Waals surface area contributed by atoms with Crippen molar-refractivity contribution >= 4 is 5.69 Å². The van der Waals surface area contributed by atoms with Crippen LogP contribution in [0.3, 0.4) is 0 Å². The van der Waals surface area contributed by atoms with Crippen LogP contribution in [0, 0.1) is 0 Å². The third kappa shape index (κ3) is 1.33. The van der Waals surface area contributed by atoms with Gasteiger partial charge in [-0.25, -0.2) is 0 Å². The van der Waals surface area contributed by atoms with E-state index in [-0.39, 0.29) is 6.04 Å². The van der Waals surface area contributed by atoms with Crippen LogP contribution < -0.4 is 10.6 Å². The smallest absolute Gasteiger partial charge is 0.0493 e. The van der Waals surface area contributed by atoms with E-state index < -0.39 is 0 Å². The molecule has 0 saturated carbocycles. The summed E-state index contributed by atoms with van der Waals surface area (Å²) < 4.78 is 0. The Morgan fingerprint density at radius 3 is 3.08 bits per heavy atom. The molecule has 1 heterocycles. The lowest BCUT2D eigenvalue weighted by molar-refractivity contribution is 0.745. The highest BCUT2D eigenvalue weighted by molar-refractivity contribution is 5.60. The lowest BCUT2D eigenvalue weighted by atomic mass is 10.1. The maximum atomic E-state index is 5.99. The normalized spacial score (nSPS) is 20.1. The summed E-state index contributed by atoms with van der Waals surface area (Å²) in [5.41, 5.74) is 8.50. The number of hydrogen-bond acceptors (Lipinski definition) is 2. The largest absolute Gasteiger partial charge is 0.366 e. The van der Waals surface area contributed by atoms with E-state index in [1.165, 1.54) is 11.3 Å². The monoisotopic (exact) mass is 174 g/mol. The SMILES string of the molecule is C=CCN1C[C@H](N)c2ccccc21. The molecule has 0 saturated heterocycles. The van der Waals surface area contributed by atoms with Crippen LogP contribution in [0.15, 0.2) is 36.9 Å². The van der Waals surface area contributed by atoms with Crippen molar-refractivity contribution in [2.45, 2.75) is 6.04 Å². The number of rotatable bonds is 2. The minimum absolute atomic E-state index is 0.163. The highest BCUT2D eigenvalue weighted by atomic mass is 15.2. The van der Waals surface area contributed by atoms with Crippen LogP contribution in [0.1, 0.15) is 11.6 Å². The number of hydrogen-bond donors (Lipinski definition) is 1. The molecule has 0 unspecified atom stereocenters. The molecule has 0 fully saturated rings. The summed E-state index contributed by atoms with van der Waals surface area (Å²) >= 11 is 0. The molecule has 13 heavy (non-hydrogen) atoms. The van der Waals surface area contributed by atoms with E-state index in [2.05, 4.69) is 23.6 Å². The van der Waals surface area contributed by atoms with Crippen molar-refractivity contribution in [1.82, 2.24) is 0 Å². The summed E-state index contributed by atoms with van der Waals surface area (Å²) in [7, 11) is 0. The van der Waals surface area contributed by atoms with Crippen LogP contribution in [0.2, 0.25) is 0 Å². The van der Waals surface area contributed by atoms with Gasteiger partial charge in [0.1, 0.15) is 0 Å². The summed E-state index contributed by atoms with van der Waals surface area (Å²) in [5, 5.41) is 0. The molecule has 0 aliphatic carbocycles. The maximum absolute atomic E-state index is 5.99. The second kappa shape index (κ2) is 3.23. The molecule has 1 aromatic rings. The summed E-state index contributed by atoms with van der Waals surface area (Å²) in [4.78, 5) is 2.26. The highest BCUT2D eigenvalue weighted by Gasteiger charge is 2.23. The molecule has 0 aromatic heterocycles. The van der Waals surface area contributed by atoms with Crippen LogP contribution in [-0.2, 0) is 0 Å². The second-order valence-corrected chi connectivity index (χ2v) is 3.36. The summed E-state index contributed by atoms with van der Waals surface area (Å²) in [6.45, 7) is 5.53. The summed E-state index contributed by atoms with van der Waals surface area (Å²) in [5.74, 6) is 0. The Bertz CT molecular complexity index is 320. The Balaban J connectivity index is 2.35. The standard InChI is InChI=1S/C11H14N2/c1-2-7-13-8-10(12)9-5-3-4-6-11(9)13/h2-6,10H,1,7-8,12H2/t10-/m0/s1. The van der Waals surface area contributed by atoms with Crippen molar-refractivity contribution in [2.24, 2.45) is 5.73 Å². The van der Waals surface area contributed by atoms with Gasteiger partial charge in [0.25, 0.3) is 0 Å². The van der Waals surface area contributed by atoms with Gasteiger partial charge in [-0.15, -0.1) is 6.58 Å². The van der Waals surface area contributed by atoms with Gasteiger partial charge in [0.05, 0.1) is 0 Å². The fraction of sp³-hybridized carbons (Fsp3) is 0.273. The molecule has 0 spiro atoms. The minimum Gasteiger partial charge on any atom is -0.366 e. The molecular weight excluding hydrogens is 160 g/mol. The summed E-state index contributed by atoms with van der Waals surface area (Å²) in [6.07, 6.45) is 1.91. The molecule has 0 radical (unpaired) electrons. The van der Waals surface area contributed by atoms with Crippen molar-refractivity contribution in [3.05, 3.63) is 42.5 Å². The van der Waals surface area contributed by atoms with E-state index in [0.29, 0.717) is 0 Å². The summed E-state index contributed by atoms with van der Waals surface area (Å²) in [6, 6.07) is 8.47. The molecule has 0 amide bonds. The van der Waals surface area contributed by atoms with Gasteiger partial charge in [0.15, 0.2) is 0 Å². The molecule has 2 rings (SSSR count). The van der Waals surface area contributed by atoms with Crippen LogP contribution in [0.4, 0.5) is 5.69 Å². The van der Waals surface area contributed by atoms with E-state index in [1.54, 1.807) is 0 Å². The van der Waals surface area contributed by atoms with E-state index in [0.717, 1.165) is 13.1 Å². The van der Waals surface area contributed by atoms with Gasteiger partial charge in [-0.3, -0.25) is 0 Å². The Hall–Kier alpha value is -1.28. The third-order valence-electron chi connectivity index (χ3n) is 2.44. The molecule has 2 N–H and O–H groups in total. The third-order valence-corrected chi connectivity index (χ3v) is 2.44. The molecule has 1 atom stereocenters. The lowest BCUT2D eigenvalue weighted by Gasteiger charge is -2.16. The van der Waals surface area contributed by atoms with E-state index >= 15 is 0 Å². The van der Waals surface area contributed by atoms with Gasteiger partial charge >= 0.3 is 0 Å². The maximum Gasteiger partial charge on any atom is 0.0493 e. The van der Waals surface area contributed by atoms with E-state index in [4.69, 9.17) is 5.73 Å². The molecule has 1 aliphatic heterocycles. The average molecular weight is 174 g/mol. The number of anilines is 1. The Labute approximate surface area is 78.7 Å². The first-order valence-electron chi connectivity index (χ1n) is 4.53. The lowest BCUT2D eigenvalue weighted by Crippen LogP contribution is -2.24. The van der Waals surface area contributed by atoms with Crippen molar-refractivity contribution in [2.75, 3.05) is 18.0 Å². The van der Waals surface area contributed by atoms with Crippen molar-refractivity contribution in [1.29, 1.82) is 0 Å². The molecule has 0 bridgehead atoms. The van der Waals surface area contributed by atoms with Crippen molar-refractivity contribution < 1.29 is 0 Å². The molecule has 68 valence electrons. The number of benzene rings is 1. The first kappa shape index (κ1) is 8.32. The van der Waals surface area contributed by atoms with E-state index in [9.17, 15) is 0 Å². The number of fused-ring (bicyclic) bond motifs is 1. The topological polar surface area (TPSA) is 29.3 Å². The van der Waals surface area contributed by atoms with E-state index in [1.807, 2.05) is 18.2 Å². The second-order valence-electron chi connectivity index (χ2n) is 3.36. The molecule has 1 aliphatic rings. The number of nitrogens with zero attached hydrogens (tertiary/aromatic N) is 1. The fourth-order valence-corrected chi connectivity index (χ4v) is 1.85. The zero-order valence-electron chi connectivity index (χ0n) is 7.61. The Kier molecular flexibility index (Phi) is 2.07. The van der Waals surface area contributed by atoms with Gasteiger partial charge < -0.3 is 10.6 Å². The molecule has 2 nitrogen and oxygen atoms in total. The van der Waals surface area contributed by atoms with Crippen LogP contribution >= 0.6 is 0 Å². The van der Waals surface area contributed by atoms with Crippen LogP contribution in [0.5, 0.6) is 0 Å². The molecule has 2 heteroatoms. The van der Waals surface area contributed by atoms with Gasteiger partial charge in [-0.2, -0.15) is 0 Å². The Morgan fingerprint density at radius 1 is 1.54 bits per heavy atom. The van der Waals surface area contributed by atoms with Gasteiger partial charge in [-0.1, -0.05) is 24.3 Å². The van der Waals surface area contributed by atoms with Crippen molar-refractivity contribution in [3.63, 3.8) is 0 Å². The Morgan fingerprint density at radius 2 is 2.31 bits per heavy atom. The first-order valence-corrected chi connectivity index (χ1v) is 4.53. The van der Waals surface area contributed by atoms with Crippen LogP contribution in [-0.4, -0.2) is 13.1 Å². The van der Waals surface area contributed by atoms with Gasteiger partial charge in [-0.05, 0) is 11.6 Å².